The average molecular weight is 438 g/mol. The Bertz CT molecular complexity index is 1030. The van der Waals surface area contributed by atoms with Crippen LogP contribution in [-0.4, -0.2) is 37.8 Å². The molecule has 0 radical (unpaired) electrons. The van der Waals surface area contributed by atoms with Crippen molar-refractivity contribution in [2.24, 2.45) is 0 Å². The minimum Gasteiger partial charge on any atom is -0.482 e. The van der Waals surface area contributed by atoms with E-state index in [1.807, 2.05) is 38.1 Å². The molecule has 0 bridgehead atoms. The predicted octanol–water partition coefficient (Wildman–Crippen LogP) is 3.10. The van der Waals surface area contributed by atoms with Crippen molar-refractivity contribution in [3.05, 3.63) is 76.5 Å². The lowest BCUT2D eigenvalue weighted by Gasteiger charge is -2.29. The lowest BCUT2D eigenvalue weighted by Crippen LogP contribution is -2.47. The minimum atomic E-state index is -0.733. The van der Waals surface area contributed by atoms with Gasteiger partial charge in [-0.2, -0.15) is 0 Å². The second-order valence-corrected chi connectivity index (χ2v) is 7.27. The smallest absolute Gasteiger partial charge is 0.344 e. The molecule has 2 N–H and O–H groups in total. The second kappa shape index (κ2) is 10.5. The van der Waals surface area contributed by atoms with E-state index in [9.17, 15) is 14.4 Å². The van der Waals surface area contributed by atoms with Crippen LogP contribution >= 0.6 is 0 Å². The van der Waals surface area contributed by atoms with Gasteiger partial charge in [0.05, 0.1) is 23.9 Å². The first-order valence-corrected chi connectivity index (χ1v) is 10.3. The Hall–Kier alpha value is -3.81. The molecule has 8 nitrogen and oxygen atoms in total. The van der Waals surface area contributed by atoms with Gasteiger partial charge in [0.1, 0.15) is 12.4 Å². The number of amides is 2. The molecule has 2 aromatic carbocycles. The van der Waals surface area contributed by atoms with Gasteiger partial charge in [0.25, 0.3) is 0 Å². The topological polar surface area (TPSA) is 103 Å². The number of carbonyl (C=O) groups is 3. The summed E-state index contributed by atoms with van der Waals surface area (Å²) in [6.07, 6.45) is 0. The lowest BCUT2D eigenvalue weighted by atomic mass is 9.95. The molecule has 0 saturated heterocycles. The molecule has 0 saturated carbocycles. The van der Waals surface area contributed by atoms with E-state index in [0.717, 1.165) is 11.1 Å². The monoisotopic (exact) mass is 438 g/mol. The van der Waals surface area contributed by atoms with Crippen LogP contribution in [-0.2, 0) is 19.1 Å². The molecule has 1 aliphatic rings. The van der Waals surface area contributed by atoms with Crippen LogP contribution in [0.3, 0.4) is 0 Å². The van der Waals surface area contributed by atoms with Crippen LogP contribution in [0.4, 0.5) is 4.79 Å². The zero-order valence-electron chi connectivity index (χ0n) is 18.3. The third kappa shape index (κ3) is 5.66. The molecule has 1 heterocycles. The Kier molecular flexibility index (Phi) is 7.49. The summed E-state index contributed by atoms with van der Waals surface area (Å²) in [5.74, 6) is -0.648. The van der Waals surface area contributed by atoms with E-state index < -0.39 is 24.0 Å². The van der Waals surface area contributed by atoms with Crippen molar-refractivity contribution in [3.63, 3.8) is 0 Å². The number of urea groups is 1. The predicted molar refractivity (Wildman–Crippen MR) is 117 cm³/mol. The van der Waals surface area contributed by atoms with Crippen molar-refractivity contribution >= 4 is 18.0 Å². The van der Waals surface area contributed by atoms with Crippen molar-refractivity contribution < 1.29 is 28.6 Å². The molecule has 1 aliphatic heterocycles. The number of ether oxygens (including phenoxy) is 3. The van der Waals surface area contributed by atoms with E-state index in [1.54, 1.807) is 31.2 Å². The standard InChI is InChI=1S/C24H26N2O6/c1-4-30-23(28)21-18(25-24(29)26-22(21)17-8-6-5-7-9-17)13-32-20(27)14-31-19-12-15(2)10-11-16(19)3/h5-12,22H,4,13-14H2,1-3H3,(H2,25,26,29). The van der Waals surface area contributed by atoms with Crippen LogP contribution in [0.25, 0.3) is 0 Å². The summed E-state index contributed by atoms with van der Waals surface area (Å²) < 4.78 is 16.0. The molecule has 32 heavy (non-hydrogen) atoms. The van der Waals surface area contributed by atoms with E-state index in [2.05, 4.69) is 10.6 Å². The highest BCUT2D eigenvalue weighted by molar-refractivity contribution is 5.95. The molecule has 1 unspecified atom stereocenters. The van der Waals surface area contributed by atoms with Crippen molar-refractivity contribution in [2.45, 2.75) is 26.8 Å². The maximum atomic E-state index is 12.7. The summed E-state index contributed by atoms with van der Waals surface area (Å²) in [7, 11) is 0. The van der Waals surface area contributed by atoms with Gasteiger partial charge < -0.3 is 24.8 Å². The van der Waals surface area contributed by atoms with Crippen LogP contribution in [0.2, 0.25) is 0 Å². The van der Waals surface area contributed by atoms with Crippen LogP contribution in [0.1, 0.15) is 29.7 Å². The molecule has 1 atom stereocenters. The Morgan fingerprint density at radius 1 is 1.03 bits per heavy atom. The normalized spacial score (nSPS) is 15.5. The summed E-state index contributed by atoms with van der Waals surface area (Å²) >= 11 is 0. The lowest BCUT2D eigenvalue weighted by molar-refractivity contribution is -0.145. The van der Waals surface area contributed by atoms with Gasteiger partial charge in [0, 0.05) is 0 Å². The molecule has 0 spiro atoms. The van der Waals surface area contributed by atoms with Crippen molar-refractivity contribution in [2.75, 3.05) is 19.8 Å². The highest BCUT2D eigenvalue weighted by Gasteiger charge is 2.34. The quantitative estimate of drug-likeness (QED) is 0.614. The number of carbonyl (C=O) groups excluding carboxylic acids is 3. The maximum Gasteiger partial charge on any atom is 0.344 e. The zero-order chi connectivity index (χ0) is 23.1. The fourth-order valence-electron chi connectivity index (χ4n) is 3.27. The maximum absolute atomic E-state index is 12.7. The number of benzene rings is 2. The summed E-state index contributed by atoms with van der Waals surface area (Å²) in [5, 5.41) is 5.29. The Morgan fingerprint density at radius 3 is 2.50 bits per heavy atom. The molecule has 0 fully saturated rings. The van der Waals surface area contributed by atoms with Crippen molar-refractivity contribution in [1.82, 2.24) is 10.6 Å². The van der Waals surface area contributed by atoms with Crippen LogP contribution < -0.4 is 15.4 Å². The first kappa shape index (κ1) is 22.9. The first-order valence-electron chi connectivity index (χ1n) is 10.3. The Labute approximate surface area is 186 Å². The molecular weight excluding hydrogens is 412 g/mol. The van der Waals surface area contributed by atoms with Gasteiger partial charge >= 0.3 is 18.0 Å². The zero-order valence-corrected chi connectivity index (χ0v) is 18.3. The fourth-order valence-corrected chi connectivity index (χ4v) is 3.27. The van der Waals surface area contributed by atoms with Crippen LogP contribution in [0.5, 0.6) is 5.75 Å². The Balaban J connectivity index is 1.76. The Morgan fingerprint density at radius 2 is 1.78 bits per heavy atom. The van der Waals surface area contributed by atoms with E-state index in [4.69, 9.17) is 14.2 Å². The number of hydrogen-bond acceptors (Lipinski definition) is 6. The molecule has 0 aliphatic carbocycles. The van der Waals surface area contributed by atoms with Crippen molar-refractivity contribution in [1.29, 1.82) is 0 Å². The molecular formula is C24H26N2O6. The van der Waals surface area contributed by atoms with E-state index in [0.29, 0.717) is 11.3 Å². The average Bonchev–Trinajstić information content (AvgIpc) is 2.78. The number of aryl methyl sites for hydroxylation is 2. The minimum absolute atomic E-state index is 0.161. The van der Waals surface area contributed by atoms with Gasteiger partial charge in [0.15, 0.2) is 6.61 Å². The highest BCUT2D eigenvalue weighted by atomic mass is 16.6. The molecule has 3 rings (SSSR count). The summed E-state index contributed by atoms with van der Waals surface area (Å²) in [5.41, 5.74) is 2.95. The molecule has 168 valence electrons. The van der Waals surface area contributed by atoms with Crippen molar-refractivity contribution in [3.8, 4) is 5.75 Å². The molecule has 2 aromatic rings. The second-order valence-electron chi connectivity index (χ2n) is 7.27. The first-order chi connectivity index (χ1) is 15.4. The van der Waals surface area contributed by atoms with Gasteiger partial charge in [-0.1, -0.05) is 42.5 Å². The molecule has 8 heteroatoms. The van der Waals surface area contributed by atoms with Gasteiger partial charge in [-0.05, 0) is 43.5 Å². The van der Waals surface area contributed by atoms with Crippen LogP contribution in [0, 0.1) is 13.8 Å². The van der Waals surface area contributed by atoms with Gasteiger partial charge in [0.2, 0.25) is 0 Å². The number of nitrogens with one attached hydrogen (secondary N) is 2. The SMILES string of the molecule is CCOC(=O)C1=C(COC(=O)COc2cc(C)ccc2C)NC(=O)NC1c1ccccc1. The van der Waals surface area contributed by atoms with Gasteiger partial charge in [-0.25, -0.2) is 14.4 Å². The van der Waals surface area contributed by atoms with E-state index in [-0.39, 0.29) is 31.1 Å². The molecule has 0 aromatic heterocycles. The summed E-state index contributed by atoms with van der Waals surface area (Å²) in [6.45, 7) is 5.05. The number of rotatable bonds is 8. The number of esters is 2. The third-order valence-electron chi connectivity index (χ3n) is 4.85. The van der Waals surface area contributed by atoms with E-state index >= 15 is 0 Å². The third-order valence-corrected chi connectivity index (χ3v) is 4.85. The largest absolute Gasteiger partial charge is 0.482 e. The summed E-state index contributed by atoms with van der Waals surface area (Å²) in [4.78, 5) is 37.2. The van der Waals surface area contributed by atoms with Crippen LogP contribution in [0.15, 0.2) is 59.8 Å². The fraction of sp³-hybridized carbons (Fsp3) is 0.292. The summed E-state index contributed by atoms with van der Waals surface area (Å²) in [6, 6.07) is 13.5. The van der Waals surface area contributed by atoms with E-state index in [1.165, 1.54) is 0 Å². The molecule has 2 amide bonds. The highest BCUT2D eigenvalue weighted by Crippen LogP contribution is 2.28. The number of hydrogen-bond donors (Lipinski definition) is 2. The van der Waals surface area contributed by atoms with Gasteiger partial charge in [-0.15, -0.1) is 0 Å². The van der Waals surface area contributed by atoms with Gasteiger partial charge in [-0.3, -0.25) is 0 Å².